The van der Waals surface area contributed by atoms with E-state index in [1.54, 1.807) is 49.6 Å². The summed E-state index contributed by atoms with van der Waals surface area (Å²) >= 11 is 6.23. The number of benzene rings is 2. The normalized spacial score (nSPS) is 16.8. The van der Waals surface area contributed by atoms with Crippen molar-refractivity contribution in [3.63, 3.8) is 0 Å². The van der Waals surface area contributed by atoms with Crippen LogP contribution >= 0.6 is 11.6 Å². The molecule has 4 rings (SSSR count). The zero-order chi connectivity index (χ0) is 17.4. The molecule has 2 aliphatic heterocycles. The van der Waals surface area contributed by atoms with Gasteiger partial charge in [0.05, 0.1) is 12.1 Å². The number of hydrogen-bond acceptors (Lipinski definition) is 6. The summed E-state index contributed by atoms with van der Waals surface area (Å²) < 4.78 is 20.9. The van der Waals surface area contributed by atoms with Crippen LogP contribution in [-0.4, -0.2) is 25.8 Å². The van der Waals surface area contributed by atoms with Crippen molar-refractivity contribution in [2.24, 2.45) is 4.99 Å². The Kier molecular flexibility index (Phi) is 3.82. The molecule has 0 saturated carbocycles. The molecule has 126 valence electrons. The van der Waals surface area contributed by atoms with Crippen molar-refractivity contribution in [1.82, 2.24) is 0 Å². The summed E-state index contributed by atoms with van der Waals surface area (Å²) in [4.78, 5) is 16.4. The Balaban J connectivity index is 1.67. The van der Waals surface area contributed by atoms with E-state index in [-0.39, 0.29) is 18.4 Å². The first-order chi connectivity index (χ1) is 12.1. The Bertz CT molecular complexity index is 918. The minimum atomic E-state index is -0.542. The number of hydrogen-bond donors (Lipinski definition) is 0. The lowest BCUT2D eigenvalue weighted by Crippen LogP contribution is -2.05. The Hall–Kier alpha value is -2.99. The summed E-state index contributed by atoms with van der Waals surface area (Å²) in [6, 6.07) is 10.4. The third kappa shape index (κ3) is 2.92. The zero-order valence-corrected chi connectivity index (χ0v) is 13.9. The number of halogens is 1. The van der Waals surface area contributed by atoms with E-state index in [2.05, 4.69) is 4.99 Å². The number of ether oxygens (including phenoxy) is 4. The number of esters is 1. The second kappa shape index (κ2) is 6.14. The fraction of sp³-hybridized carbons (Fsp3) is 0.111. The molecule has 2 aliphatic rings. The summed E-state index contributed by atoms with van der Waals surface area (Å²) in [5.74, 6) is 1.54. The molecule has 0 aliphatic carbocycles. The van der Waals surface area contributed by atoms with Crippen molar-refractivity contribution < 1.29 is 23.7 Å². The molecule has 0 spiro atoms. The average Bonchev–Trinajstić information content (AvgIpc) is 3.22. The van der Waals surface area contributed by atoms with Crippen molar-refractivity contribution in [3.8, 4) is 17.2 Å². The largest absolute Gasteiger partial charge is 0.497 e. The highest BCUT2D eigenvalue weighted by Gasteiger charge is 2.25. The van der Waals surface area contributed by atoms with Gasteiger partial charge in [0.1, 0.15) is 5.75 Å². The number of cyclic esters (lactones) is 1. The molecule has 2 heterocycles. The Labute approximate surface area is 148 Å². The Morgan fingerprint density at radius 3 is 2.60 bits per heavy atom. The van der Waals surface area contributed by atoms with Crippen molar-refractivity contribution in [2.45, 2.75) is 0 Å². The first-order valence-corrected chi connectivity index (χ1v) is 7.78. The van der Waals surface area contributed by atoms with Gasteiger partial charge in [-0.1, -0.05) is 11.6 Å². The van der Waals surface area contributed by atoms with Gasteiger partial charge in [0, 0.05) is 11.6 Å². The molecule has 0 bridgehead atoms. The number of aliphatic imine (C=N–C) groups is 1. The van der Waals surface area contributed by atoms with Crippen LogP contribution in [0.1, 0.15) is 11.1 Å². The lowest BCUT2D eigenvalue weighted by molar-refractivity contribution is -0.129. The van der Waals surface area contributed by atoms with Crippen LogP contribution in [-0.2, 0) is 9.53 Å². The molecule has 7 heteroatoms. The van der Waals surface area contributed by atoms with Crippen molar-refractivity contribution in [3.05, 3.63) is 58.2 Å². The molecule has 0 atom stereocenters. The van der Waals surface area contributed by atoms with Crippen molar-refractivity contribution in [1.29, 1.82) is 0 Å². The summed E-state index contributed by atoms with van der Waals surface area (Å²) in [6.07, 6.45) is 1.56. The molecule has 25 heavy (non-hydrogen) atoms. The lowest BCUT2D eigenvalue weighted by atomic mass is 10.1. The van der Waals surface area contributed by atoms with Gasteiger partial charge in [0.15, 0.2) is 17.2 Å². The maximum atomic E-state index is 12.1. The maximum Gasteiger partial charge on any atom is 0.363 e. The lowest BCUT2D eigenvalue weighted by Gasteiger charge is -2.01. The van der Waals surface area contributed by atoms with Gasteiger partial charge in [-0.05, 0) is 42.0 Å². The number of methoxy groups -OCH3 is 1. The van der Waals surface area contributed by atoms with Crippen LogP contribution in [0, 0.1) is 0 Å². The fourth-order valence-corrected chi connectivity index (χ4v) is 2.67. The van der Waals surface area contributed by atoms with E-state index in [9.17, 15) is 4.79 Å². The highest BCUT2D eigenvalue weighted by atomic mass is 35.5. The molecule has 0 aromatic heterocycles. The predicted octanol–water partition coefficient (Wildman–Crippen LogP) is 3.42. The van der Waals surface area contributed by atoms with E-state index in [1.807, 2.05) is 0 Å². The number of rotatable bonds is 3. The van der Waals surface area contributed by atoms with E-state index in [4.69, 9.17) is 30.5 Å². The third-order valence-corrected chi connectivity index (χ3v) is 4.07. The van der Waals surface area contributed by atoms with E-state index in [0.717, 1.165) is 0 Å². The second-order valence-corrected chi connectivity index (χ2v) is 5.70. The van der Waals surface area contributed by atoms with E-state index >= 15 is 0 Å². The van der Waals surface area contributed by atoms with E-state index < -0.39 is 5.97 Å². The van der Waals surface area contributed by atoms with Crippen LogP contribution in [0.25, 0.3) is 6.08 Å². The monoisotopic (exact) mass is 357 g/mol. The van der Waals surface area contributed by atoms with Gasteiger partial charge in [0.25, 0.3) is 0 Å². The molecule has 0 unspecified atom stereocenters. The minimum Gasteiger partial charge on any atom is -0.497 e. The number of carbonyl (C=O) groups is 1. The van der Waals surface area contributed by atoms with Crippen LogP contribution in [0.4, 0.5) is 0 Å². The second-order valence-electron chi connectivity index (χ2n) is 5.29. The van der Waals surface area contributed by atoms with Gasteiger partial charge in [-0.15, -0.1) is 0 Å². The summed E-state index contributed by atoms with van der Waals surface area (Å²) in [7, 11) is 1.58. The molecule has 6 nitrogen and oxygen atoms in total. The standard InChI is InChI=1S/C18H12ClNO5/c1-22-12-4-2-10(3-5-12)17-20-14(18(21)25-17)6-11-7-15-16(8-13(11)19)24-9-23-15/h2-8H,9H2,1H3/b14-6+. The first kappa shape index (κ1) is 15.5. The van der Waals surface area contributed by atoms with Crippen LogP contribution in [0.2, 0.25) is 5.02 Å². The topological polar surface area (TPSA) is 66.3 Å². The molecular weight excluding hydrogens is 346 g/mol. The zero-order valence-electron chi connectivity index (χ0n) is 13.1. The van der Waals surface area contributed by atoms with Gasteiger partial charge in [0.2, 0.25) is 12.7 Å². The van der Waals surface area contributed by atoms with Crippen LogP contribution < -0.4 is 14.2 Å². The Morgan fingerprint density at radius 1 is 1.16 bits per heavy atom. The van der Waals surface area contributed by atoms with Gasteiger partial charge in [-0.2, -0.15) is 0 Å². The van der Waals surface area contributed by atoms with Gasteiger partial charge >= 0.3 is 5.97 Å². The van der Waals surface area contributed by atoms with Gasteiger partial charge in [-0.3, -0.25) is 0 Å². The number of fused-ring (bicyclic) bond motifs is 1. The van der Waals surface area contributed by atoms with Crippen molar-refractivity contribution >= 4 is 29.5 Å². The molecular formula is C18H12ClNO5. The average molecular weight is 358 g/mol. The van der Waals surface area contributed by atoms with Crippen LogP contribution in [0.3, 0.4) is 0 Å². The third-order valence-electron chi connectivity index (χ3n) is 3.74. The van der Waals surface area contributed by atoms with E-state index in [0.29, 0.717) is 33.4 Å². The molecule has 0 saturated heterocycles. The van der Waals surface area contributed by atoms with Crippen LogP contribution in [0.15, 0.2) is 47.1 Å². The van der Waals surface area contributed by atoms with E-state index in [1.165, 1.54) is 0 Å². The summed E-state index contributed by atoms with van der Waals surface area (Å²) in [5.41, 5.74) is 1.43. The molecule has 0 N–H and O–H groups in total. The highest BCUT2D eigenvalue weighted by molar-refractivity contribution is 6.32. The summed E-state index contributed by atoms with van der Waals surface area (Å²) in [6.45, 7) is 0.146. The maximum absolute atomic E-state index is 12.1. The minimum absolute atomic E-state index is 0.146. The number of nitrogens with zero attached hydrogens (tertiary/aromatic N) is 1. The highest BCUT2D eigenvalue weighted by Crippen LogP contribution is 2.38. The summed E-state index contributed by atoms with van der Waals surface area (Å²) in [5, 5.41) is 0.428. The van der Waals surface area contributed by atoms with Gasteiger partial charge in [-0.25, -0.2) is 9.79 Å². The molecule has 0 amide bonds. The Morgan fingerprint density at radius 2 is 1.88 bits per heavy atom. The van der Waals surface area contributed by atoms with Crippen molar-refractivity contribution in [2.75, 3.05) is 13.9 Å². The first-order valence-electron chi connectivity index (χ1n) is 7.40. The fourth-order valence-electron chi connectivity index (χ4n) is 2.46. The quantitative estimate of drug-likeness (QED) is 0.622. The molecule has 0 fully saturated rings. The SMILES string of the molecule is COc1ccc(C2=N/C(=C/c3cc4c(cc3Cl)OCO4)C(=O)O2)cc1. The van der Waals surface area contributed by atoms with Gasteiger partial charge < -0.3 is 18.9 Å². The molecule has 2 aromatic carbocycles. The molecule has 2 aromatic rings. The van der Waals surface area contributed by atoms with Crippen LogP contribution in [0.5, 0.6) is 17.2 Å². The predicted molar refractivity (Wildman–Crippen MR) is 91.2 cm³/mol. The molecule has 0 radical (unpaired) electrons. The number of carbonyl (C=O) groups excluding carboxylic acids is 1. The smallest absolute Gasteiger partial charge is 0.363 e.